The molecular formula is C13H19N3O2. The Balaban J connectivity index is 2.16. The average Bonchev–Trinajstić information content (AvgIpc) is 2.65. The van der Waals surface area contributed by atoms with E-state index in [0.29, 0.717) is 18.7 Å². The molecule has 1 unspecified atom stereocenters. The summed E-state index contributed by atoms with van der Waals surface area (Å²) in [7, 11) is 1.79. The van der Waals surface area contributed by atoms with Crippen LogP contribution in [0.2, 0.25) is 0 Å². The van der Waals surface area contributed by atoms with E-state index in [4.69, 9.17) is 10.5 Å². The van der Waals surface area contributed by atoms with Crippen LogP contribution in [-0.2, 0) is 11.2 Å². The Kier molecular flexibility index (Phi) is 3.81. The fourth-order valence-corrected chi connectivity index (χ4v) is 2.07. The third kappa shape index (κ3) is 2.61. The van der Waals surface area contributed by atoms with Crippen molar-refractivity contribution in [3.05, 3.63) is 23.5 Å². The molecule has 2 N–H and O–H groups in total. The number of aryl methyl sites for hydroxylation is 1. The number of likely N-dealkylation sites (N-methyl/N-ethyl adjacent to an activating group) is 1. The van der Waals surface area contributed by atoms with Gasteiger partial charge in [0, 0.05) is 32.1 Å². The largest absolute Gasteiger partial charge is 0.479 e. The lowest BCUT2D eigenvalue weighted by atomic mass is 10.2. The first-order chi connectivity index (χ1) is 8.61. The van der Waals surface area contributed by atoms with Crippen LogP contribution in [0.4, 0.5) is 0 Å². The van der Waals surface area contributed by atoms with Crippen molar-refractivity contribution >= 4 is 5.91 Å². The number of ether oxygens (including phenoxy) is 1. The highest BCUT2D eigenvalue weighted by Gasteiger charge is 2.31. The molecule has 1 aromatic rings. The molecule has 0 bridgehead atoms. The van der Waals surface area contributed by atoms with Crippen LogP contribution in [0.1, 0.15) is 17.8 Å². The van der Waals surface area contributed by atoms with Gasteiger partial charge in [0.25, 0.3) is 5.91 Å². The summed E-state index contributed by atoms with van der Waals surface area (Å²) >= 11 is 0. The van der Waals surface area contributed by atoms with Gasteiger partial charge >= 0.3 is 0 Å². The van der Waals surface area contributed by atoms with Crippen molar-refractivity contribution in [3.8, 4) is 5.75 Å². The number of likely N-dealkylation sites (tertiary alicyclic amines) is 1. The number of nitrogens with two attached hydrogens (primary N) is 1. The molecule has 1 amide bonds. The molecule has 0 radical (unpaired) electrons. The van der Waals surface area contributed by atoms with Crippen LogP contribution in [0.3, 0.4) is 0 Å². The number of rotatable bonds is 4. The molecule has 5 nitrogen and oxygen atoms in total. The Morgan fingerprint density at radius 3 is 2.94 bits per heavy atom. The summed E-state index contributed by atoms with van der Waals surface area (Å²) in [5, 5.41) is 0. The van der Waals surface area contributed by atoms with E-state index in [2.05, 4.69) is 4.98 Å². The van der Waals surface area contributed by atoms with E-state index in [-0.39, 0.29) is 12.0 Å². The van der Waals surface area contributed by atoms with E-state index < -0.39 is 0 Å². The highest BCUT2D eigenvalue weighted by atomic mass is 16.5. The fraction of sp³-hybridized carbons (Fsp3) is 0.538. The maximum absolute atomic E-state index is 11.8. The first kappa shape index (κ1) is 12.8. The molecule has 18 heavy (non-hydrogen) atoms. The standard InChI is InChI=1S/C13H19N3O2/c1-9-3-4-11(10(15-9)5-7-14)18-12-6-8-16(2)13(12)17/h3-4,12H,5-8,14H2,1-2H3. The molecule has 1 fully saturated rings. The van der Waals surface area contributed by atoms with Crippen molar-refractivity contribution in [2.45, 2.75) is 25.9 Å². The maximum Gasteiger partial charge on any atom is 0.263 e. The Bertz CT molecular complexity index is 448. The third-order valence-electron chi connectivity index (χ3n) is 3.10. The van der Waals surface area contributed by atoms with Crippen molar-refractivity contribution in [1.82, 2.24) is 9.88 Å². The Labute approximate surface area is 107 Å². The minimum atomic E-state index is -0.379. The van der Waals surface area contributed by atoms with Crippen LogP contribution in [0, 0.1) is 6.92 Å². The van der Waals surface area contributed by atoms with Gasteiger partial charge in [0.05, 0.1) is 5.69 Å². The lowest BCUT2D eigenvalue weighted by Gasteiger charge is -2.15. The van der Waals surface area contributed by atoms with Crippen LogP contribution >= 0.6 is 0 Å². The smallest absolute Gasteiger partial charge is 0.263 e. The zero-order valence-electron chi connectivity index (χ0n) is 10.8. The van der Waals surface area contributed by atoms with E-state index in [9.17, 15) is 4.79 Å². The molecule has 0 aliphatic carbocycles. The molecule has 0 aromatic carbocycles. The van der Waals surface area contributed by atoms with Gasteiger partial charge in [-0.1, -0.05) is 0 Å². The third-order valence-corrected chi connectivity index (χ3v) is 3.10. The Hall–Kier alpha value is -1.62. The van der Waals surface area contributed by atoms with E-state index in [1.54, 1.807) is 11.9 Å². The van der Waals surface area contributed by atoms with Crippen molar-refractivity contribution in [3.63, 3.8) is 0 Å². The van der Waals surface area contributed by atoms with Gasteiger partial charge in [-0.3, -0.25) is 9.78 Å². The van der Waals surface area contributed by atoms with Gasteiger partial charge in [-0.15, -0.1) is 0 Å². The second-order valence-electron chi connectivity index (χ2n) is 4.59. The summed E-state index contributed by atoms with van der Waals surface area (Å²) < 4.78 is 5.79. The lowest BCUT2D eigenvalue weighted by molar-refractivity contribution is -0.132. The zero-order valence-corrected chi connectivity index (χ0v) is 10.8. The summed E-state index contributed by atoms with van der Waals surface area (Å²) in [6.07, 6.45) is 1.01. The minimum Gasteiger partial charge on any atom is -0.479 e. The molecular weight excluding hydrogens is 230 g/mol. The molecule has 2 rings (SSSR count). The maximum atomic E-state index is 11.8. The van der Waals surface area contributed by atoms with Gasteiger partial charge < -0.3 is 15.4 Å². The number of hydrogen-bond acceptors (Lipinski definition) is 4. The fourth-order valence-electron chi connectivity index (χ4n) is 2.07. The first-order valence-corrected chi connectivity index (χ1v) is 6.20. The molecule has 0 saturated carbocycles. The zero-order chi connectivity index (χ0) is 13.1. The molecule has 5 heteroatoms. The Morgan fingerprint density at radius 2 is 2.33 bits per heavy atom. The highest BCUT2D eigenvalue weighted by Crippen LogP contribution is 2.22. The van der Waals surface area contributed by atoms with E-state index in [0.717, 1.165) is 24.4 Å². The Morgan fingerprint density at radius 1 is 1.56 bits per heavy atom. The van der Waals surface area contributed by atoms with Gasteiger partial charge in [0.1, 0.15) is 5.75 Å². The number of carbonyl (C=O) groups excluding carboxylic acids is 1. The summed E-state index contributed by atoms with van der Waals surface area (Å²) in [6, 6.07) is 3.76. The van der Waals surface area contributed by atoms with Crippen LogP contribution in [0.5, 0.6) is 5.75 Å². The lowest BCUT2D eigenvalue weighted by Crippen LogP contribution is -2.29. The normalized spacial score (nSPS) is 19.4. The summed E-state index contributed by atoms with van der Waals surface area (Å²) in [6.45, 7) is 3.19. The highest BCUT2D eigenvalue weighted by molar-refractivity contribution is 5.83. The van der Waals surface area contributed by atoms with E-state index in [1.165, 1.54) is 0 Å². The predicted octanol–water partition coefficient (Wildman–Crippen LogP) is 0.501. The van der Waals surface area contributed by atoms with Gasteiger partial charge in [-0.2, -0.15) is 0 Å². The number of carbonyl (C=O) groups is 1. The quantitative estimate of drug-likeness (QED) is 0.843. The van der Waals surface area contributed by atoms with Gasteiger partial charge in [0.15, 0.2) is 6.10 Å². The second-order valence-corrected chi connectivity index (χ2v) is 4.59. The van der Waals surface area contributed by atoms with Crippen LogP contribution in [0.15, 0.2) is 12.1 Å². The summed E-state index contributed by atoms with van der Waals surface area (Å²) in [5.74, 6) is 0.717. The van der Waals surface area contributed by atoms with Gasteiger partial charge in [-0.05, 0) is 25.6 Å². The monoisotopic (exact) mass is 249 g/mol. The predicted molar refractivity (Wildman–Crippen MR) is 68.4 cm³/mol. The van der Waals surface area contributed by atoms with E-state index in [1.807, 2.05) is 19.1 Å². The first-order valence-electron chi connectivity index (χ1n) is 6.20. The average molecular weight is 249 g/mol. The molecule has 1 atom stereocenters. The number of nitrogens with zero attached hydrogens (tertiary/aromatic N) is 2. The summed E-state index contributed by atoms with van der Waals surface area (Å²) in [4.78, 5) is 17.9. The molecule has 1 aromatic heterocycles. The minimum absolute atomic E-state index is 0.0364. The number of hydrogen-bond donors (Lipinski definition) is 1. The van der Waals surface area contributed by atoms with Crippen molar-refractivity contribution in [2.75, 3.05) is 20.1 Å². The molecule has 1 aliphatic heterocycles. The van der Waals surface area contributed by atoms with Crippen molar-refractivity contribution in [2.24, 2.45) is 5.73 Å². The van der Waals surface area contributed by atoms with Crippen LogP contribution in [0.25, 0.3) is 0 Å². The molecule has 1 saturated heterocycles. The van der Waals surface area contributed by atoms with Gasteiger partial charge in [0.2, 0.25) is 0 Å². The number of aromatic nitrogens is 1. The van der Waals surface area contributed by atoms with Crippen molar-refractivity contribution < 1.29 is 9.53 Å². The molecule has 2 heterocycles. The number of amides is 1. The topological polar surface area (TPSA) is 68.5 Å². The molecule has 98 valence electrons. The second kappa shape index (κ2) is 5.35. The molecule has 1 aliphatic rings. The van der Waals surface area contributed by atoms with Crippen LogP contribution in [-0.4, -0.2) is 42.0 Å². The molecule has 0 spiro atoms. The van der Waals surface area contributed by atoms with Crippen LogP contribution < -0.4 is 10.5 Å². The van der Waals surface area contributed by atoms with Crippen molar-refractivity contribution in [1.29, 1.82) is 0 Å². The summed E-state index contributed by atoms with van der Waals surface area (Å²) in [5.41, 5.74) is 7.33. The van der Waals surface area contributed by atoms with E-state index >= 15 is 0 Å². The SMILES string of the molecule is Cc1ccc(OC2CCN(C)C2=O)c(CCN)n1. The van der Waals surface area contributed by atoms with Gasteiger partial charge in [-0.25, -0.2) is 0 Å². The number of pyridine rings is 1.